The normalized spacial score (nSPS) is 17.1. The molecule has 1 aliphatic rings. The van der Waals surface area contributed by atoms with Crippen molar-refractivity contribution in [2.24, 2.45) is 11.7 Å². The van der Waals surface area contributed by atoms with E-state index in [1.165, 1.54) is 0 Å². The number of halogens is 2. The van der Waals surface area contributed by atoms with Gasteiger partial charge in [0.05, 0.1) is 4.92 Å². The van der Waals surface area contributed by atoms with E-state index >= 15 is 0 Å². The Labute approximate surface area is 146 Å². The lowest BCUT2D eigenvalue weighted by atomic mass is 9.84. The lowest BCUT2D eigenvalue weighted by molar-refractivity contribution is -0.390. The zero-order valence-corrected chi connectivity index (χ0v) is 14.6. The second-order valence-electron chi connectivity index (χ2n) is 5.71. The summed E-state index contributed by atoms with van der Waals surface area (Å²) < 4.78 is 41.0. The second kappa shape index (κ2) is 8.70. The maximum Gasteiger partial charge on any atom is 0.324 e. The molecule has 0 aromatic heterocycles. The van der Waals surface area contributed by atoms with Gasteiger partial charge in [-0.25, -0.2) is 13.1 Å². The number of hydrogen-bond donors (Lipinski definition) is 2. The number of hydrogen-bond acceptors (Lipinski definition) is 5. The van der Waals surface area contributed by atoms with E-state index in [-0.39, 0.29) is 24.9 Å². The van der Waals surface area contributed by atoms with Crippen LogP contribution in [0.5, 0.6) is 0 Å². The average molecular weight is 382 g/mol. The number of para-hydroxylation sites is 1. The van der Waals surface area contributed by atoms with Gasteiger partial charge in [-0.15, -0.1) is 12.4 Å². The summed E-state index contributed by atoms with van der Waals surface area (Å²) in [6.07, 6.45) is 4.83. The predicted molar refractivity (Wildman–Crippen MR) is 90.0 cm³/mol. The Hall–Kier alpha value is -1.29. The Kier molecular flexibility index (Phi) is 7.53. The van der Waals surface area contributed by atoms with Gasteiger partial charge in [0, 0.05) is 12.6 Å². The monoisotopic (exact) mass is 381 g/mol. The zero-order valence-electron chi connectivity index (χ0n) is 13.0. The molecule has 1 aromatic carbocycles. The van der Waals surface area contributed by atoms with E-state index in [0.29, 0.717) is 0 Å². The standard InChI is InChI=1S/C14H20FN3O4S.ClH/c15-11-7-4-8-13(14(11)18(19)20)23(21,22)17-12(9-16)10-5-2-1-3-6-10;/h4,7-8,10,12,17H,1-3,5-6,9,16H2;1H. The molecule has 1 aliphatic carbocycles. The molecule has 0 amide bonds. The number of benzene rings is 1. The van der Waals surface area contributed by atoms with E-state index in [1.54, 1.807) is 0 Å². The number of nitro groups is 1. The third kappa shape index (κ3) is 4.62. The minimum atomic E-state index is -4.23. The quantitative estimate of drug-likeness (QED) is 0.579. The number of nitro benzene ring substituents is 1. The van der Waals surface area contributed by atoms with E-state index in [4.69, 9.17) is 5.73 Å². The summed E-state index contributed by atoms with van der Waals surface area (Å²) in [6, 6.07) is 2.51. The van der Waals surface area contributed by atoms with Crippen LogP contribution in [0.3, 0.4) is 0 Å². The molecular weight excluding hydrogens is 361 g/mol. The van der Waals surface area contributed by atoms with Crippen LogP contribution in [0.4, 0.5) is 10.1 Å². The van der Waals surface area contributed by atoms with E-state index < -0.39 is 37.4 Å². The molecule has 0 radical (unpaired) electrons. The van der Waals surface area contributed by atoms with Crippen molar-refractivity contribution in [2.75, 3.05) is 6.54 Å². The van der Waals surface area contributed by atoms with E-state index in [0.717, 1.165) is 50.3 Å². The van der Waals surface area contributed by atoms with Crippen LogP contribution in [0.2, 0.25) is 0 Å². The highest BCUT2D eigenvalue weighted by Gasteiger charge is 2.33. The first-order valence-electron chi connectivity index (χ1n) is 7.52. The third-order valence-electron chi connectivity index (χ3n) is 4.20. The predicted octanol–water partition coefficient (Wildman–Crippen LogP) is 2.34. The first kappa shape index (κ1) is 20.8. The molecule has 1 aromatic rings. The number of nitrogens with zero attached hydrogens (tertiary/aromatic N) is 1. The molecule has 2 rings (SSSR count). The smallest absolute Gasteiger partial charge is 0.324 e. The van der Waals surface area contributed by atoms with Gasteiger partial charge in [-0.05, 0) is 30.9 Å². The summed E-state index contributed by atoms with van der Waals surface area (Å²) in [5.74, 6) is -1.09. The first-order chi connectivity index (χ1) is 10.9. The Morgan fingerprint density at radius 1 is 1.33 bits per heavy atom. The minimum absolute atomic E-state index is 0. The van der Waals surface area contributed by atoms with Crippen LogP contribution in [0, 0.1) is 21.8 Å². The Morgan fingerprint density at radius 2 is 1.96 bits per heavy atom. The van der Waals surface area contributed by atoms with E-state index in [9.17, 15) is 22.9 Å². The number of nitrogens with two attached hydrogens (primary N) is 1. The van der Waals surface area contributed by atoms with E-state index in [1.807, 2.05) is 0 Å². The second-order valence-corrected chi connectivity index (χ2v) is 7.39. The molecule has 0 saturated heterocycles. The summed E-state index contributed by atoms with van der Waals surface area (Å²) in [6.45, 7) is 0.0903. The molecule has 136 valence electrons. The van der Waals surface area contributed by atoms with Gasteiger partial charge >= 0.3 is 5.69 Å². The van der Waals surface area contributed by atoms with Crippen molar-refractivity contribution in [1.29, 1.82) is 0 Å². The molecule has 1 fully saturated rings. The van der Waals surface area contributed by atoms with Gasteiger partial charge in [-0.2, -0.15) is 4.39 Å². The molecule has 0 spiro atoms. The maximum absolute atomic E-state index is 13.6. The summed E-state index contributed by atoms with van der Waals surface area (Å²) in [5, 5.41) is 11.0. The van der Waals surface area contributed by atoms with Crippen LogP contribution in [0.25, 0.3) is 0 Å². The molecule has 10 heteroatoms. The molecular formula is C14H21ClFN3O4S. The highest BCUT2D eigenvalue weighted by molar-refractivity contribution is 7.89. The number of rotatable bonds is 6. The summed E-state index contributed by atoms with van der Waals surface area (Å²) in [7, 11) is -4.23. The summed E-state index contributed by atoms with van der Waals surface area (Å²) in [5.41, 5.74) is 4.64. The Bertz CT molecular complexity index is 681. The van der Waals surface area contributed by atoms with Crippen molar-refractivity contribution in [1.82, 2.24) is 4.72 Å². The number of nitrogens with one attached hydrogen (secondary N) is 1. The number of sulfonamides is 1. The molecule has 0 aliphatic heterocycles. The van der Waals surface area contributed by atoms with Crippen LogP contribution in [-0.2, 0) is 10.0 Å². The van der Waals surface area contributed by atoms with Gasteiger partial charge in [0.1, 0.15) is 0 Å². The lowest BCUT2D eigenvalue weighted by Gasteiger charge is -2.29. The lowest BCUT2D eigenvalue weighted by Crippen LogP contribution is -2.45. The summed E-state index contributed by atoms with van der Waals surface area (Å²) in [4.78, 5) is 9.30. The van der Waals surface area contributed by atoms with Gasteiger partial charge < -0.3 is 5.73 Å². The SMILES string of the molecule is Cl.NCC(NS(=O)(=O)c1cccc(F)c1[N+](=O)[O-])C1CCCCC1. The molecule has 24 heavy (non-hydrogen) atoms. The van der Waals surface area contributed by atoms with Gasteiger partial charge in [-0.3, -0.25) is 10.1 Å². The van der Waals surface area contributed by atoms with Crippen LogP contribution in [0.15, 0.2) is 23.1 Å². The van der Waals surface area contributed by atoms with Crippen molar-refractivity contribution in [3.63, 3.8) is 0 Å². The first-order valence-corrected chi connectivity index (χ1v) is 9.00. The maximum atomic E-state index is 13.6. The molecule has 7 nitrogen and oxygen atoms in total. The van der Waals surface area contributed by atoms with Crippen LogP contribution < -0.4 is 10.5 Å². The molecule has 0 heterocycles. The third-order valence-corrected chi connectivity index (χ3v) is 5.72. The molecule has 3 N–H and O–H groups in total. The van der Waals surface area contributed by atoms with Gasteiger partial charge in [0.25, 0.3) is 0 Å². The van der Waals surface area contributed by atoms with Crippen molar-refractivity contribution in [3.05, 3.63) is 34.1 Å². The van der Waals surface area contributed by atoms with Crippen LogP contribution in [-0.4, -0.2) is 25.9 Å². The fraction of sp³-hybridized carbons (Fsp3) is 0.571. The van der Waals surface area contributed by atoms with E-state index in [2.05, 4.69) is 4.72 Å². The highest BCUT2D eigenvalue weighted by Crippen LogP contribution is 2.29. The minimum Gasteiger partial charge on any atom is -0.329 e. The van der Waals surface area contributed by atoms with Crippen molar-refractivity contribution < 1.29 is 17.7 Å². The zero-order chi connectivity index (χ0) is 17.0. The molecule has 1 saturated carbocycles. The molecule has 0 bridgehead atoms. The van der Waals surface area contributed by atoms with Crippen molar-refractivity contribution >= 4 is 28.1 Å². The van der Waals surface area contributed by atoms with Crippen LogP contribution >= 0.6 is 12.4 Å². The van der Waals surface area contributed by atoms with Gasteiger partial charge in [0.2, 0.25) is 15.8 Å². The summed E-state index contributed by atoms with van der Waals surface area (Å²) >= 11 is 0. The van der Waals surface area contributed by atoms with Gasteiger partial charge in [-0.1, -0.05) is 25.3 Å². The fourth-order valence-corrected chi connectivity index (χ4v) is 4.52. The molecule has 1 atom stereocenters. The topological polar surface area (TPSA) is 115 Å². The average Bonchev–Trinajstić information content (AvgIpc) is 2.53. The highest BCUT2D eigenvalue weighted by atomic mass is 35.5. The Balaban J connectivity index is 0.00000288. The largest absolute Gasteiger partial charge is 0.329 e. The molecule has 1 unspecified atom stereocenters. The Morgan fingerprint density at radius 3 is 2.50 bits per heavy atom. The van der Waals surface area contributed by atoms with Crippen molar-refractivity contribution in [3.8, 4) is 0 Å². The van der Waals surface area contributed by atoms with Crippen LogP contribution in [0.1, 0.15) is 32.1 Å². The fourth-order valence-electron chi connectivity index (χ4n) is 3.03. The van der Waals surface area contributed by atoms with Crippen molar-refractivity contribution in [2.45, 2.75) is 43.0 Å². The van der Waals surface area contributed by atoms with Gasteiger partial charge in [0.15, 0.2) is 4.90 Å².